The summed E-state index contributed by atoms with van der Waals surface area (Å²) < 4.78 is 72.2. The maximum absolute atomic E-state index is 11.5. The van der Waals surface area contributed by atoms with Crippen molar-refractivity contribution in [1.29, 1.82) is 0 Å². The number of rotatable bonds is 18. The van der Waals surface area contributed by atoms with E-state index in [0.29, 0.717) is 0 Å². The molecular formula is C38H66O31. The Morgan fingerprint density at radius 2 is 0.551 bits per heavy atom. The van der Waals surface area contributed by atoms with Crippen LogP contribution in [0.5, 0.6) is 0 Å². The van der Waals surface area contributed by atoms with E-state index in [1.807, 2.05) is 0 Å². The third kappa shape index (κ3) is 11.8. The highest BCUT2D eigenvalue weighted by Gasteiger charge is 2.57. The van der Waals surface area contributed by atoms with Gasteiger partial charge in [0.1, 0.15) is 146 Å². The lowest BCUT2D eigenvalue weighted by Crippen LogP contribution is -2.68. The molecule has 18 N–H and O–H groups in total. The molecule has 6 fully saturated rings. The average molecular weight is 1020 g/mol. The second kappa shape index (κ2) is 24.9. The SMILES string of the molecule is CO[C@@H]1OC(CO)[C@@H](O[C@H]2O[C@@H](CO[C@H]3O[C@@H](CO)[C@H](O)C(O)C3O)[C@@H](O[C@@H]3OC(CO)[C@@H](O[C@H]4O[C@@H](CO)[C@@H](O[C@@H]5OC(CO)[C@@H](OC)[C@@H](O)C5O)C(O)C4O)[C@H](O)C3O)C(O)C2O)[C@H](O)C1O. The summed E-state index contributed by atoms with van der Waals surface area (Å²) in [5.41, 5.74) is 0. The highest BCUT2D eigenvalue weighted by molar-refractivity contribution is 4.99. The molecule has 0 aromatic heterocycles. The van der Waals surface area contributed by atoms with Crippen LogP contribution >= 0.6 is 0 Å². The molecule has 12 unspecified atom stereocenters. The fourth-order valence-corrected chi connectivity index (χ4v) is 8.87. The van der Waals surface area contributed by atoms with Gasteiger partial charge in [-0.1, -0.05) is 0 Å². The van der Waals surface area contributed by atoms with Gasteiger partial charge >= 0.3 is 0 Å². The summed E-state index contributed by atoms with van der Waals surface area (Å²) in [4.78, 5) is 0. The van der Waals surface area contributed by atoms with Crippen LogP contribution in [0.2, 0.25) is 0 Å². The van der Waals surface area contributed by atoms with Gasteiger partial charge in [-0.3, -0.25) is 0 Å². The van der Waals surface area contributed by atoms with Gasteiger partial charge in [0.05, 0.1) is 39.6 Å². The average Bonchev–Trinajstić information content (AvgIpc) is 3.34. The first kappa shape index (κ1) is 57.0. The molecule has 31 heteroatoms. The fraction of sp³-hybridized carbons (Fsp3) is 1.00. The van der Waals surface area contributed by atoms with Crippen LogP contribution < -0.4 is 0 Å². The van der Waals surface area contributed by atoms with E-state index in [1.54, 1.807) is 0 Å². The summed E-state index contributed by atoms with van der Waals surface area (Å²) in [6.07, 6.45) is -54.3. The Labute approximate surface area is 391 Å². The molecule has 31 nitrogen and oxygen atoms in total. The van der Waals surface area contributed by atoms with Crippen molar-refractivity contribution in [1.82, 2.24) is 0 Å². The largest absolute Gasteiger partial charge is 0.394 e. The van der Waals surface area contributed by atoms with Crippen LogP contribution in [0.3, 0.4) is 0 Å². The summed E-state index contributed by atoms with van der Waals surface area (Å²) in [6.45, 7) is -5.23. The smallest absolute Gasteiger partial charge is 0.187 e. The number of ether oxygens (including phenoxy) is 13. The van der Waals surface area contributed by atoms with E-state index in [-0.39, 0.29) is 0 Å². The van der Waals surface area contributed by atoms with Gasteiger partial charge in [0, 0.05) is 14.2 Å². The molecule has 0 aromatic carbocycles. The summed E-state index contributed by atoms with van der Waals surface area (Å²) in [5, 5.41) is 192. The normalized spacial score (nSPS) is 52.2. The molecule has 6 aliphatic rings. The van der Waals surface area contributed by atoms with Crippen molar-refractivity contribution in [2.75, 3.05) is 53.9 Å². The van der Waals surface area contributed by atoms with Crippen LogP contribution in [0.4, 0.5) is 0 Å². The summed E-state index contributed by atoms with van der Waals surface area (Å²) in [6, 6.07) is 0. The minimum absolute atomic E-state index is 0.700. The molecule has 0 aromatic rings. The van der Waals surface area contributed by atoms with Gasteiger partial charge in [-0.25, -0.2) is 0 Å². The first-order valence-corrected chi connectivity index (χ1v) is 21.9. The van der Waals surface area contributed by atoms with Gasteiger partial charge in [-0.2, -0.15) is 0 Å². The number of methoxy groups -OCH3 is 2. The van der Waals surface area contributed by atoms with Crippen LogP contribution in [-0.2, 0) is 61.6 Å². The Bertz CT molecular complexity index is 1530. The highest BCUT2D eigenvalue weighted by Crippen LogP contribution is 2.36. The third-order valence-corrected chi connectivity index (χ3v) is 12.9. The maximum Gasteiger partial charge on any atom is 0.187 e. The molecule has 6 rings (SSSR count). The molecule has 0 bridgehead atoms. The van der Waals surface area contributed by atoms with Crippen LogP contribution in [0.1, 0.15) is 0 Å². The van der Waals surface area contributed by atoms with E-state index in [2.05, 4.69) is 0 Å². The van der Waals surface area contributed by atoms with Crippen LogP contribution in [0.15, 0.2) is 0 Å². The van der Waals surface area contributed by atoms with Gasteiger partial charge < -0.3 is 153 Å². The van der Waals surface area contributed by atoms with Gasteiger partial charge in [0.2, 0.25) is 0 Å². The molecule has 0 amide bonds. The molecule has 404 valence electrons. The Balaban J connectivity index is 1.17. The standard InChI is InChI=1S/C38H66O31/c1-57-28-10(4-40)62-35(24(53)17(28)46)66-30-12(6-42)63-36(25(54)19(30)48)67-31-13(7-43)64-37(26(55)20(31)49)69-32-14(8-59-34-22(51)16(45)15(44)9(3-39)60-34)65-38(27(56)21(32)50)68-29-11(5-41)61-33(58-2)23(52)18(29)47/h9-56H,3-8H2,1-2H3/t9-,10?,11?,12-,13?,14-,15-,16?,17-,18+,19?,20+,21?,22?,23?,24?,25?,26?,27?,28+,29+,30+,31+,32+,33+,34-,35-,36+,37-,38+/m0/s1. The lowest BCUT2D eigenvalue weighted by Gasteiger charge is -2.50. The summed E-state index contributed by atoms with van der Waals surface area (Å²) >= 11 is 0. The molecule has 69 heavy (non-hydrogen) atoms. The van der Waals surface area contributed by atoms with Crippen LogP contribution in [-0.4, -0.2) is 330 Å². The Hall–Kier alpha value is -1.24. The van der Waals surface area contributed by atoms with Crippen molar-refractivity contribution in [3.63, 3.8) is 0 Å². The lowest BCUT2D eigenvalue weighted by atomic mass is 9.95. The molecule has 6 aliphatic heterocycles. The maximum atomic E-state index is 11.5. The van der Waals surface area contributed by atoms with Crippen molar-refractivity contribution < 1.29 is 153 Å². The summed E-state index contributed by atoms with van der Waals surface area (Å²) in [5.74, 6) is 0. The molecule has 0 saturated carbocycles. The zero-order valence-corrected chi connectivity index (χ0v) is 36.9. The van der Waals surface area contributed by atoms with Gasteiger partial charge in [-0.05, 0) is 0 Å². The molecule has 6 heterocycles. The van der Waals surface area contributed by atoms with Gasteiger partial charge in [-0.15, -0.1) is 0 Å². The Morgan fingerprint density at radius 3 is 0.899 bits per heavy atom. The zero-order valence-electron chi connectivity index (χ0n) is 36.9. The number of aliphatic hydroxyl groups is 18. The highest BCUT2D eigenvalue weighted by atomic mass is 16.8. The van der Waals surface area contributed by atoms with Crippen molar-refractivity contribution in [2.24, 2.45) is 0 Å². The quantitative estimate of drug-likeness (QED) is 0.0606. The van der Waals surface area contributed by atoms with Crippen molar-refractivity contribution in [3.8, 4) is 0 Å². The third-order valence-electron chi connectivity index (χ3n) is 12.9. The van der Waals surface area contributed by atoms with Crippen LogP contribution in [0.25, 0.3) is 0 Å². The molecular weight excluding hydrogens is 952 g/mol. The molecule has 6 saturated heterocycles. The number of hydrogen-bond donors (Lipinski definition) is 18. The van der Waals surface area contributed by atoms with E-state index in [4.69, 9.17) is 61.6 Å². The molecule has 0 aliphatic carbocycles. The second-order valence-electron chi connectivity index (χ2n) is 17.2. The molecule has 0 spiro atoms. The van der Waals surface area contributed by atoms with Crippen molar-refractivity contribution in [2.45, 2.75) is 184 Å². The summed E-state index contributed by atoms with van der Waals surface area (Å²) in [7, 11) is 2.33. The van der Waals surface area contributed by atoms with E-state index in [1.165, 1.54) is 7.11 Å². The topological polar surface area (TPSA) is 484 Å². The fourth-order valence-electron chi connectivity index (χ4n) is 8.87. The van der Waals surface area contributed by atoms with Gasteiger partial charge in [0.15, 0.2) is 37.7 Å². The predicted octanol–water partition coefficient (Wildman–Crippen LogP) is -12.8. The zero-order chi connectivity index (χ0) is 50.8. The first-order chi connectivity index (χ1) is 32.8. The lowest BCUT2D eigenvalue weighted by molar-refractivity contribution is -0.395. The number of hydrogen-bond acceptors (Lipinski definition) is 31. The van der Waals surface area contributed by atoms with E-state index in [9.17, 15) is 91.9 Å². The van der Waals surface area contributed by atoms with Crippen LogP contribution in [0, 0.1) is 0 Å². The predicted molar refractivity (Wildman–Crippen MR) is 209 cm³/mol. The van der Waals surface area contributed by atoms with E-state index < -0.39 is 224 Å². The first-order valence-electron chi connectivity index (χ1n) is 21.9. The minimum atomic E-state index is -2.22. The molecule has 30 atom stereocenters. The monoisotopic (exact) mass is 1020 g/mol. The Morgan fingerprint density at radius 1 is 0.275 bits per heavy atom. The minimum Gasteiger partial charge on any atom is -0.394 e. The molecule has 0 radical (unpaired) electrons. The van der Waals surface area contributed by atoms with E-state index >= 15 is 0 Å². The van der Waals surface area contributed by atoms with Crippen molar-refractivity contribution >= 4 is 0 Å². The van der Waals surface area contributed by atoms with Gasteiger partial charge in [0.25, 0.3) is 0 Å². The second-order valence-corrected chi connectivity index (χ2v) is 17.2. The van der Waals surface area contributed by atoms with Crippen molar-refractivity contribution in [3.05, 3.63) is 0 Å². The van der Waals surface area contributed by atoms with E-state index in [0.717, 1.165) is 7.11 Å². The Kier molecular flexibility index (Phi) is 20.6. The number of aliphatic hydroxyl groups excluding tert-OH is 18.